The van der Waals surface area contributed by atoms with E-state index in [2.05, 4.69) is 22.2 Å². The summed E-state index contributed by atoms with van der Waals surface area (Å²) in [4.78, 5) is 4.70. The molecule has 3 N–H and O–H groups in total. The van der Waals surface area contributed by atoms with E-state index in [1.165, 1.54) is 12.1 Å². The minimum atomic E-state index is -0.446. The van der Waals surface area contributed by atoms with E-state index in [9.17, 15) is 4.39 Å². The van der Waals surface area contributed by atoms with Crippen LogP contribution in [0.1, 0.15) is 0 Å². The molecule has 0 amide bonds. The Kier molecular flexibility index (Phi) is 4.85. The summed E-state index contributed by atoms with van der Waals surface area (Å²) in [6.45, 7) is 6.01. The first-order chi connectivity index (χ1) is 9.06. The molecule has 106 valence electrons. The molecule has 0 unspecified atom stereocenters. The van der Waals surface area contributed by atoms with Crippen LogP contribution in [0.15, 0.2) is 12.1 Å². The fourth-order valence-corrected chi connectivity index (χ4v) is 2.31. The van der Waals surface area contributed by atoms with Gasteiger partial charge in [0, 0.05) is 45.3 Å². The van der Waals surface area contributed by atoms with Gasteiger partial charge in [0.25, 0.3) is 0 Å². The maximum Gasteiger partial charge on any atom is 0.143 e. The van der Waals surface area contributed by atoms with Gasteiger partial charge >= 0.3 is 0 Å². The van der Waals surface area contributed by atoms with Gasteiger partial charge in [0.2, 0.25) is 0 Å². The third-order valence-electron chi connectivity index (χ3n) is 3.43. The molecule has 19 heavy (non-hydrogen) atoms. The van der Waals surface area contributed by atoms with Crippen LogP contribution >= 0.6 is 11.6 Å². The molecule has 0 bridgehead atoms. The van der Waals surface area contributed by atoms with Crippen LogP contribution in [0.4, 0.5) is 15.8 Å². The summed E-state index contributed by atoms with van der Waals surface area (Å²) >= 11 is 5.66. The van der Waals surface area contributed by atoms with Crippen LogP contribution in [0.25, 0.3) is 0 Å². The number of rotatable bonds is 4. The standard InChI is InChI=1S/C13H20ClFN4/c1-18-4-6-19(7-5-18)3-2-17-13-9-11(15)10(14)8-12(13)16/h8-9,17H,2-7,16H2,1H3. The maximum atomic E-state index is 13.3. The quantitative estimate of drug-likeness (QED) is 0.828. The number of likely N-dealkylation sites (N-methyl/N-ethyl adjacent to an activating group) is 1. The van der Waals surface area contributed by atoms with Crippen molar-refractivity contribution in [1.29, 1.82) is 0 Å². The zero-order valence-electron chi connectivity index (χ0n) is 11.1. The number of piperazine rings is 1. The summed E-state index contributed by atoms with van der Waals surface area (Å²) in [5, 5.41) is 3.22. The highest BCUT2D eigenvalue weighted by atomic mass is 35.5. The van der Waals surface area contributed by atoms with Crippen molar-refractivity contribution in [2.75, 3.05) is 57.4 Å². The zero-order valence-corrected chi connectivity index (χ0v) is 11.9. The predicted octanol–water partition coefficient (Wildman–Crippen LogP) is 1.72. The number of halogens is 2. The zero-order chi connectivity index (χ0) is 13.8. The van der Waals surface area contributed by atoms with E-state index >= 15 is 0 Å². The van der Waals surface area contributed by atoms with Crippen LogP contribution in [0.3, 0.4) is 0 Å². The molecule has 0 aromatic heterocycles. The Bertz CT molecular complexity index is 433. The molecule has 1 heterocycles. The number of nitrogen functional groups attached to an aromatic ring is 1. The van der Waals surface area contributed by atoms with Gasteiger partial charge in [0.15, 0.2) is 0 Å². The highest BCUT2D eigenvalue weighted by Crippen LogP contribution is 2.25. The van der Waals surface area contributed by atoms with Crippen molar-refractivity contribution < 1.29 is 4.39 Å². The van der Waals surface area contributed by atoms with Crippen molar-refractivity contribution in [3.05, 3.63) is 23.0 Å². The second-order valence-corrected chi connectivity index (χ2v) is 5.33. The van der Waals surface area contributed by atoms with Crippen molar-refractivity contribution in [1.82, 2.24) is 9.80 Å². The first-order valence-electron chi connectivity index (χ1n) is 6.45. The van der Waals surface area contributed by atoms with Crippen LogP contribution in [0, 0.1) is 5.82 Å². The lowest BCUT2D eigenvalue weighted by atomic mass is 10.2. The Morgan fingerprint density at radius 3 is 2.68 bits per heavy atom. The Morgan fingerprint density at radius 2 is 2.00 bits per heavy atom. The van der Waals surface area contributed by atoms with Gasteiger partial charge < -0.3 is 16.0 Å². The van der Waals surface area contributed by atoms with Crippen LogP contribution in [0.2, 0.25) is 5.02 Å². The molecule has 1 aromatic carbocycles. The van der Waals surface area contributed by atoms with Crippen molar-refractivity contribution in [3.8, 4) is 0 Å². The maximum absolute atomic E-state index is 13.3. The molecule has 1 fully saturated rings. The molecule has 0 spiro atoms. The van der Waals surface area contributed by atoms with Crippen molar-refractivity contribution in [3.63, 3.8) is 0 Å². The Hall–Kier alpha value is -1.04. The normalized spacial score (nSPS) is 17.6. The van der Waals surface area contributed by atoms with Gasteiger partial charge in [0.05, 0.1) is 16.4 Å². The lowest BCUT2D eigenvalue weighted by molar-refractivity contribution is 0.158. The lowest BCUT2D eigenvalue weighted by Gasteiger charge is -2.32. The molecule has 1 aromatic rings. The van der Waals surface area contributed by atoms with Crippen molar-refractivity contribution in [2.24, 2.45) is 0 Å². The second kappa shape index (κ2) is 6.41. The molecule has 6 heteroatoms. The average molecular weight is 287 g/mol. The highest BCUT2D eigenvalue weighted by Gasteiger charge is 2.13. The topological polar surface area (TPSA) is 44.5 Å². The number of nitrogens with one attached hydrogen (secondary N) is 1. The van der Waals surface area contributed by atoms with Crippen LogP contribution < -0.4 is 11.1 Å². The Balaban J connectivity index is 1.81. The van der Waals surface area contributed by atoms with Crippen molar-refractivity contribution >= 4 is 23.0 Å². The van der Waals surface area contributed by atoms with Gasteiger partial charge in [0.1, 0.15) is 5.82 Å². The van der Waals surface area contributed by atoms with E-state index in [1.54, 1.807) is 0 Å². The smallest absolute Gasteiger partial charge is 0.143 e. The van der Waals surface area contributed by atoms with Crippen molar-refractivity contribution in [2.45, 2.75) is 0 Å². The number of benzene rings is 1. The molecule has 0 aliphatic carbocycles. The first-order valence-corrected chi connectivity index (χ1v) is 6.83. The minimum Gasteiger partial charge on any atom is -0.397 e. The summed E-state index contributed by atoms with van der Waals surface area (Å²) in [6, 6.07) is 2.79. The number of hydrogen-bond acceptors (Lipinski definition) is 4. The summed E-state index contributed by atoms with van der Waals surface area (Å²) in [5.74, 6) is -0.446. The molecule has 1 aliphatic heterocycles. The van der Waals surface area contributed by atoms with Gasteiger partial charge in [-0.15, -0.1) is 0 Å². The fraction of sp³-hybridized carbons (Fsp3) is 0.538. The van der Waals surface area contributed by atoms with E-state index < -0.39 is 5.82 Å². The number of nitrogens with zero attached hydrogens (tertiary/aromatic N) is 2. The molecule has 0 radical (unpaired) electrons. The van der Waals surface area contributed by atoms with Gasteiger partial charge in [-0.25, -0.2) is 4.39 Å². The van der Waals surface area contributed by atoms with E-state index in [0.717, 1.165) is 39.3 Å². The van der Waals surface area contributed by atoms with Gasteiger partial charge in [-0.2, -0.15) is 0 Å². The van der Waals surface area contributed by atoms with E-state index in [4.69, 9.17) is 17.3 Å². The monoisotopic (exact) mass is 286 g/mol. The SMILES string of the molecule is CN1CCN(CCNc2cc(F)c(Cl)cc2N)CC1. The van der Waals surface area contributed by atoms with Gasteiger partial charge in [-0.1, -0.05) is 11.6 Å². The predicted molar refractivity (Wildman–Crippen MR) is 78.2 cm³/mol. The molecule has 4 nitrogen and oxygen atoms in total. The number of hydrogen-bond donors (Lipinski definition) is 2. The first kappa shape index (κ1) is 14.4. The van der Waals surface area contributed by atoms with Crippen LogP contribution in [-0.2, 0) is 0 Å². The molecular weight excluding hydrogens is 267 g/mol. The molecule has 0 saturated carbocycles. The molecule has 1 saturated heterocycles. The minimum absolute atomic E-state index is 0.0575. The lowest BCUT2D eigenvalue weighted by Crippen LogP contribution is -2.45. The molecular formula is C13H20ClFN4. The van der Waals surface area contributed by atoms with Gasteiger partial charge in [-0.05, 0) is 13.1 Å². The van der Waals surface area contributed by atoms with E-state index in [0.29, 0.717) is 11.4 Å². The molecule has 1 aliphatic rings. The summed E-state index contributed by atoms with van der Waals surface area (Å²) in [6.07, 6.45) is 0. The Morgan fingerprint density at radius 1 is 1.32 bits per heavy atom. The van der Waals surface area contributed by atoms with Crippen LogP contribution in [-0.4, -0.2) is 56.1 Å². The third-order valence-corrected chi connectivity index (χ3v) is 3.72. The van der Waals surface area contributed by atoms with Gasteiger partial charge in [-0.3, -0.25) is 4.90 Å². The van der Waals surface area contributed by atoms with E-state index in [-0.39, 0.29) is 5.02 Å². The van der Waals surface area contributed by atoms with Crippen LogP contribution in [0.5, 0.6) is 0 Å². The Labute approximate surface area is 118 Å². The summed E-state index contributed by atoms with van der Waals surface area (Å²) in [5.41, 5.74) is 6.88. The second-order valence-electron chi connectivity index (χ2n) is 4.93. The average Bonchev–Trinajstić information content (AvgIpc) is 2.38. The molecule has 2 rings (SSSR count). The molecule has 0 atom stereocenters. The third kappa shape index (κ3) is 3.96. The fourth-order valence-electron chi connectivity index (χ4n) is 2.14. The van der Waals surface area contributed by atoms with E-state index in [1.807, 2.05) is 0 Å². The highest BCUT2D eigenvalue weighted by molar-refractivity contribution is 6.31. The number of nitrogens with two attached hydrogens (primary N) is 1. The summed E-state index contributed by atoms with van der Waals surface area (Å²) < 4.78 is 13.3. The largest absolute Gasteiger partial charge is 0.397 e. The summed E-state index contributed by atoms with van der Waals surface area (Å²) in [7, 11) is 2.13. The number of anilines is 2.